The molecule has 7 nitrogen and oxygen atoms in total. The maximum atomic E-state index is 12.5. The van der Waals surface area contributed by atoms with Crippen molar-refractivity contribution in [2.75, 3.05) is 6.54 Å². The van der Waals surface area contributed by atoms with E-state index in [0.717, 1.165) is 24.3 Å². The molecule has 1 atom stereocenters. The summed E-state index contributed by atoms with van der Waals surface area (Å²) in [7, 11) is 0. The van der Waals surface area contributed by atoms with Crippen LogP contribution in [0.25, 0.3) is 0 Å². The molecule has 0 aliphatic heterocycles. The number of carbonyl (C=O) groups excluding carboxylic acids is 1. The van der Waals surface area contributed by atoms with Crippen LogP contribution in [-0.2, 0) is 11.3 Å². The SMILES string of the molecule is C[C@@H](Cn1cc([N+](=O)[O-])cn1)C(=O)NCC12CC3CC(CC(C3)C1)C2. The van der Waals surface area contributed by atoms with Gasteiger partial charge in [-0.3, -0.25) is 19.6 Å². The molecule has 4 fully saturated rings. The van der Waals surface area contributed by atoms with E-state index in [1.54, 1.807) is 0 Å². The van der Waals surface area contributed by atoms with Crippen LogP contribution in [0, 0.1) is 39.2 Å². The van der Waals surface area contributed by atoms with Gasteiger partial charge in [-0.2, -0.15) is 5.10 Å². The van der Waals surface area contributed by atoms with Gasteiger partial charge in [0.25, 0.3) is 0 Å². The quantitative estimate of drug-likeness (QED) is 0.633. The summed E-state index contributed by atoms with van der Waals surface area (Å²) < 4.78 is 1.48. The highest BCUT2D eigenvalue weighted by Gasteiger charge is 2.50. The maximum absolute atomic E-state index is 12.5. The summed E-state index contributed by atoms with van der Waals surface area (Å²) in [6, 6.07) is 0. The van der Waals surface area contributed by atoms with Gasteiger partial charge >= 0.3 is 5.69 Å². The molecule has 4 saturated carbocycles. The lowest BCUT2D eigenvalue weighted by Crippen LogP contribution is -2.51. The molecule has 4 aliphatic rings. The van der Waals surface area contributed by atoms with Gasteiger partial charge in [-0.1, -0.05) is 6.92 Å². The molecule has 1 heterocycles. The zero-order valence-corrected chi connectivity index (χ0v) is 14.7. The van der Waals surface area contributed by atoms with Crippen LogP contribution in [-0.4, -0.2) is 27.2 Å². The number of rotatable bonds is 6. The second-order valence-corrected chi connectivity index (χ2v) is 8.71. The molecule has 136 valence electrons. The number of amides is 1. The Labute approximate surface area is 147 Å². The summed E-state index contributed by atoms with van der Waals surface area (Å²) in [6.45, 7) is 3.00. The molecule has 0 spiro atoms. The first kappa shape index (κ1) is 16.5. The number of aromatic nitrogens is 2. The van der Waals surface area contributed by atoms with E-state index in [4.69, 9.17) is 0 Å². The number of carbonyl (C=O) groups is 1. The lowest BCUT2D eigenvalue weighted by atomic mass is 9.49. The molecule has 0 aromatic carbocycles. The van der Waals surface area contributed by atoms with E-state index in [9.17, 15) is 14.9 Å². The monoisotopic (exact) mass is 346 g/mol. The van der Waals surface area contributed by atoms with Crippen molar-refractivity contribution in [3.05, 3.63) is 22.5 Å². The largest absolute Gasteiger partial charge is 0.355 e. The summed E-state index contributed by atoms with van der Waals surface area (Å²) in [5.41, 5.74) is 0.287. The molecule has 1 amide bonds. The minimum atomic E-state index is -0.471. The molecule has 7 heteroatoms. The fraction of sp³-hybridized carbons (Fsp3) is 0.778. The number of hydrogen-bond acceptors (Lipinski definition) is 4. The zero-order chi connectivity index (χ0) is 17.6. The van der Waals surface area contributed by atoms with Crippen molar-refractivity contribution in [1.29, 1.82) is 0 Å². The molecule has 0 saturated heterocycles. The number of nitro groups is 1. The van der Waals surface area contributed by atoms with E-state index >= 15 is 0 Å². The highest BCUT2D eigenvalue weighted by Crippen LogP contribution is 2.59. The summed E-state index contributed by atoms with van der Waals surface area (Å²) in [5, 5.41) is 17.9. The van der Waals surface area contributed by atoms with E-state index in [1.807, 2.05) is 6.92 Å². The molecular formula is C18H26N4O3. The lowest BCUT2D eigenvalue weighted by Gasteiger charge is -2.57. The Morgan fingerprint density at radius 1 is 1.36 bits per heavy atom. The van der Waals surface area contributed by atoms with Gasteiger partial charge in [-0.15, -0.1) is 0 Å². The predicted octanol–water partition coefficient (Wildman–Crippen LogP) is 2.76. The molecule has 0 unspecified atom stereocenters. The molecule has 4 bridgehead atoms. The molecule has 0 radical (unpaired) electrons. The van der Waals surface area contributed by atoms with Crippen LogP contribution in [0.5, 0.6) is 0 Å². The van der Waals surface area contributed by atoms with Crippen molar-refractivity contribution in [3.8, 4) is 0 Å². The van der Waals surface area contributed by atoms with Crippen molar-refractivity contribution in [3.63, 3.8) is 0 Å². The number of nitrogens with zero attached hydrogens (tertiary/aromatic N) is 3. The number of hydrogen-bond donors (Lipinski definition) is 1. The molecular weight excluding hydrogens is 320 g/mol. The summed E-state index contributed by atoms with van der Waals surface area (Å²) >= 11 is 0. The van der Waals surface area contributed by atoms with Gasteiger partial charge in [0, 0.05) is 6.54 Å². The van der Waals surface area contributed by atoms with Crippen LogP contribution in [0.15, 0.2) is 12.4 Å². The Morgan fingerprint density at radius 3 is 2.48 bits per heavy atom. The van der Waals surface area contributed by atoms with Crippen LogP contribution < -0.4 is 5.32 Å². The average Bonchev–Trinajstić information content (AvgIpc) is 3.00. The highest BCUT2D eigenvalue weighted by molar-refractivity contribution is 5.78. The summed E-state index contributed by atoms with van der Waals surface area (Å²) in [4.78, 5) is 22.7. The Morgan fingerprint density at radius 2 is 1.96 bits per heavy atom. The van der Waals surface area contributed by atoms with Gasteiger partial charge in [-0.05, 0) is 61.7 Å². The minimum Gasteiger partial charge on any atom is -0.355 e. The molecule has 1 N–H and O–H groups in total. The zero-order valence-electron chi connectivity index (χ0n) is 14.7. The normalized spacial score (nSPS) is 34.0. The Hall–Kier alpha value is -1.92. The maximum Gasteiger partial charge on any atom is 0.306 e. The smallest absolute Gasteiger partial charge is 0.306 e. The first-order valence-corrected chi connectivity index (χ1v) is 9.37. The Balaban J connectivity index is 1.32. The van der Waals surface area contributed by atoms with Gasteiger partial charge in [-0.25, -0.2) is 0 Å². The second kappa shape index (κ2) is 6.11. The first-order valence-electron chi connectivity index (χ1n) is 9.37. The fourth-order valence-corrected chi connectivity index (χ4v) is 5.87. The van der Waals surface area contributed by atoms with E-state index in [1.165, 1.54) is 55.6 Å². The predicted molar refractivity (Wildman–Crippen MR) is 91.7 cm³/mol. The van der Waals surface area contributed by atoms with Gasteiger partial charge in [0.05, 0.1) is 17.4 Å². The third-order valence-electron chi connectivity index (χ3n) is 6.54. The van der Waals surface area contributed by atoms with Crippen molar-refractivity contribution < 1.29 is 9.72 Å². The van der Waals surface area contributed by atoms with E-state index in [0.29, 0.717) is 12.0 Å². The van der Waals surface area contributed by atoms with E-state index in [-0.39, 0.29) is 17.5 Å². The van der Waals surface area contributed by atoms with Gasteiger partial charge in [0.15, 0.2) is 0 Å². The molecule has 4 aliphatic carbocycles. The number of nitrogens with one attached hydrogen (secondary N) is 1. The highest BCUT2D eigenvalue weighted by atomic mass is 16.6. The average molecular weight is 346 g/mol. The molecule has 25 heavy (non-hydrogen) atoms. The molecule has 1 aromatic rings. The Bertz CT molecular complexity index is 648. The van der Waals surface area contributed by atoms with Gasteiger partial charge in [0.2, 0.25) is 5.91 Å². The Kier molecular flexibility index (Phi) is 4.04. The van der Waals surface area contributed by atoms with Crippen molar-refractivity contribution >= 4 is 11.6 Å². The van der Waals surface area contributed by atoms with Crippen LogP contribution in [0.2, 0.25) is 0 Å². The minimum absolute atomic E-state index is 0.0221. The first-order chi connectivity index (χ1) is 11.9. The third-order valence-corrected chi connectivity index (χ3v) is 6.54. The lowest BCUT2D eigenvalue weighted by molar-refractivity contribution is -0.385. The van der Waals surface area contributed by atoms with E-state index in [2.05, 4.69) is 10.4 Å². The van der Waals surface area contributed by atoms with Crippen molar-refractivity contribution in [1.82, 2.24) is 15.1 Å². The fourth-order valence-electron chi connectivity index (χ4n) is 5.87. The van der Waals surface area contributed by atoms with Gasteiger partial charge < -0.3 is 5.32 Å². The van der Waals surface area contributed by atoms with Crippen LogP contribution in [0.4, 0.5) is 5.69 Å². The van der Waals surface area contributed by atoms with Crippen LogP contribution >= 0.6 is 0 Å². The second-order valence-electron chi connectivity index (χ2n) is 8.71. The standard InChI is InChI=1S/C18H26N4O3/c1-12(9-21-10-16(8-20-21)22(24)25)17(23)19-11-18-5-13-2-14(6-18)4-15(3-13)7-18/h8,10,12-15H,2-7,9,11H2,1H3,(H,19,23)/t12-,13?,14?,15?,18?/m0/s1. The van der Waals surface area contributed by atoms with Crippen LogP contribution in [0.3, 0.4) is 0 Å². The summed E-state index contributed by atoms with van der Waals surface area (Å²) in [6.07, 6.45) is 10.6. The topological polar surface area (TPSA) is 90.1 Å². The van der Waals surface area contributed by atoms with Crippen molar-refractivity contribution in [2.24, 2.45) is 29.1 Å². The molecule has 5 rings (SSSR count). The molecule has 1 aromatic heterocycles. The third kappa shape index (κ3) is 3.28. The van der Waals surface area contributed by atoms with Crippen molar-refractivity contribution in [2.45, 2.75) is 52.0 Å². The van der Waals surface area contributed by atoms with Gasteiger partial charge in [0.1, 0.15) is 12.4 Å². The summed E-state index contributed by atoms with van der Waals surface area (Å²) in [5.74, 6) is 2.41. The van der Waals surface area contributed by atoms with E-state index < -0.39 is 4.92 Å². The van der Waals surface area contributed by atoms with Crippen LogP contribution in [0.1, 0.15) is 45.4 Å².